The Morgan fingerprint density at radius 1 is 1.50 bits per heavy atom. The highest BCUT2D eigenvalue weighted by Crippen LogP contribution is 2.36. The molecule has 0 amide bonds. The number of nitrogens with one attached hydrogen (secondary N) is 1. The largest absolute Gasteiger partial charge is 0.346 e. The van der Waals surface area contributed by atoms with E-state index in [0.717, 1.165) is 18.2 Å². The van der Waals surface area contributed by atoms with E-state index >= 15 is 0 Å². The Hall–Kier alpha value is -0.910. The second-order valence-corrected chi connectivity index (χ2v) is 7.34. The van der Waals surface area contributed by atoms with Gasteiger partial charge in [-0.2, -0.15) is 0 Å². The van der Waals surface area contributed by atoms with Crippen molar-refractivity contribution in [1.82, 2.24) is 10.3 Å². The fourth-order valence-corrected chi connectivity index (χ4v) is 4.60. The molecule has 0 aromatic carbocycles. The minimum absolute atomic E-state index is 0.462. The number of aromatic nitrogens is 1. The van der Waals surface area contributed by atoms with Crippen molar-refractivity contribution >= 4 is 27.8 Å². The third-order valence-electron chi connectivity index (χ3n) is 3.69. The summed E-state index contributed by atoms with van der Waals surface area (Å²) in [5.41, 5.74) is 1.30. The fourth-order valence-electron chi connectivity index (χ4n) is 2.72. The lowest BCUT2D eigenvalue weighted by atomic mass is 9.98. The molecule has 0 spiro atoms. The zero-order chi connectivity index (χ0) is 13.9. The minimum Gasteiger partial charge on any atom is -0.346 e. The van der Waals surface area contributed by atoms with Gasteiger partial charge >= 0.3 is 0 Å². The van der Waals surface area contributed by atoms with Crippen molar-refractivity contribution in [3.8, 4) is 0 Å². The first-order chi connectivity index (χ1) is 9.78. The summed E-state index contributed by atoms with van der Waals surface area (Å²) in [7, 11) is 2.15. The van der Waals surface area contributed by atoms with Gasteiger partial charge in [0.1, 0.15) is 0 Å². The summed E-state index contributed by atoms with van der Waals surface area (Å²) >= 11 is 3.69. The van der Waals surface area contributed by atoms with Crippen LogP contribution in [0.5, 0.6) is 0 Å². The van der Waals surface area contributed by atoms with Gasteiger partial charge in [0.15, 0.2) is 5.13 Å². The lowest BCUT2D eigenvalue weighted by Gasteiger charge is -2.21. The predicted octanol–water partition coefficient (Wildman–Crippen LogP) is 3.83. The normalized spacial score (nSPS) is 18.0. The van der Waals surface area contributed by atoms with Gasteiger partial charge in [0.05, 0.1) is 18.3 Å². The Morgan fingerprint density at radius 2 is 2.40 bits per heavy atom. The summed E-state index contributed by atoms with van der Waals surface area (Å²) in [6.45, 7) is 4.14. The van der Waals surface area contributed by atoms with Crippen LogP contribution in [0, 0.1) is 0 Å². The van der Waals surface area contributed by atoms with Gasteiger partial charge in [0.25, 0.3) is 0 Å². The molecule has 0 fully saturated rings. The summed E-state index contributed by atoms with van der Waals surface area (Å²) in [6, 6.07) is 4.77. The Labute approximate surface area is 128 Å². The molecule has 1 aliphatic carbocycles. The first kappa shape index (κ1) is 14.0. The molecule has 5 heteroatoms. The molecule has 0 bridgehead atoms. The van der Waals surface area contributed by atoms with Gasteiger partial charge in [-0.05, 0) is 37.3 Å². The molecule has 0 radical (unpaired) electrons. The Balaban J connectivity index is 1.78. The predicted molar refractivity (Wildman–Crippen MR) is 87.9 cm³/mol. The summed E-state index contributed by atoms with van der Waals surface area (Å²) < 4.78 is 0. The van der Waals surface area contributed by atoms with Crippen molar-refractivity contribution in [2.75, 3.05) is 18.5 Å². The summed E-state index contributed by atoms with van der Waals surface area (Å²) in [6.07, 6.45) is 3.70. The van der Waals surface area contributed by atoms with Crippen molar-refractivity contribution in [1.29, 1.82) is 0 Å². The monoisotopic (exact) mass is 307 g/mol. The zero-order valence-corrected chi connectivity index (χ0v) is 13.7. The maximum atomic E-state index is 4.92. The summed E-state index contributed by atoms with van der Waals surface area (Å²) in [5.74, 6) is 0. The molecule has 3 rings (SSSR count). The topological polar surface area (TPSA) is 28.2 Å². The van der Waals surface area contributed by atoms with Gasteiger partial charge < -0.3 is 10.2 Å². The van der Waals surface area contributed by atoms with E-state index in [9.17, 15) is 0 Å². The van der Waals surface area contributed by atoms with Crippen LogP contribution < -0.4 is 10.2 Å². The van der Waals surface area contributed by atoms with E-state index in [-0.39, 0.29) is 0 Å². The highest BCUT2D eigenvalue weighted by atomic mass is 32.1. The van der Waals surface area contributed by atoms with Gasteiger partial charge in [0, 0.05) is 16.8 Å². The Bertz CT molecular complexity index is 547. The molecule has 108 valence electrons. The van der Waals surface area contributed by atoms with Crippen molar-refractivity contribution in [3.05, 3.63) is 33.0 Å². The molecule has 0 saturated carbocycles. The number of aryl methyl sites for hydroxylation is 1. The fraction of sp³-hybridized carbons (Fsp3) is 0.533. The van der Waals surface area contributed by atoms with Crippen molar-refractivity contribution in [2.24, 2.45) is 0 Å². The zero-order valence-electron chi connectivity index (χ0n) is 12.1. The smallest absolute Gasteiger partial charge is 0.185 e. The number of fused-ring (bicyclic) bond motifs is 1. The highest BCUT2D eigenvalue weighted by Gasteiger charge is 2.24. The van der Waals surface area contributed by atoms with E-state index < -0.39 is 0 Å². The van der Waals surface area contributed by atoms with Crippen LogP contribution >= 0.6 is 22.7 Å². The van der Waals surface area contributed by atoms with E-state index in [1.54, 1.807) is 0 Å². The van der Waals surface area contributed by atoms with Crippen LogP contribution in [0.3, 0.4) is 0 Å². The van der Waals surface area contributed by atoms with Crippen LogP contribution in [0.2, 0.25) is 0 Å². The maximum absolute atomic E-state index is 4.92. The van der Waals surface area contributed by atoms with Crippen LogP contribution in [0.15, 0.2) is 17.5 Å². The molecule has 2 heterocycles. The SMILES string of the molecule is CCNC1CCCc2sc(N(C)Cc3cccs3)nc21. The van der Waals surface area contributed by atoms with Crippen LogP contribution in [-0.2, 0) is 13.0 Å². The van der Waals surface area contributed by atoms with Gasteiger partial charge in [-0.3, -0.25) is 0 Å². The van der Waals surface area contributed by atoms with E-state index in [2.05, 4.69) is 41.7 Å². The Morgan fingerprint density at radius 3 is 3.15 bits per heavy atom. The van der Waals surface area contributed by atoms with Crippen molar-refractivity contribution in [2.45, 2.75) is 38.8 Å². The molecule has 0 aliphatic heterocycles. The quantitative estimate of drug-likeness (QED) is 0.910. The third kappa shape index (κ3) is 2.90. The molecule has 1 unspecified atom stereocenters. The second-order valence-electron chi connectivity index (χ2n) is 5.24. The van der Waals surface area contributed by atoms with E-state index in [0.29, 0.717) is 6.04 Å². The van der Waals surface area contributed by atoms with Crippen LogP contribution in [0.1, 0.15) is 41.3 Å². The molecular formula is C15H21N3S2. The maximum Gasteiger partial charge on any atom is 0.185 e. The van der Waals surface area contributed by atoms with Gasteiger partial charge in [-0.25, -0.2) is 4.98 Å². The molecule has 1 atom stereocenters. The third-order valence-corrected chi connectivity index (χ3v) is 5.80. The molecule has 2 aromatic heterocycles. The average molecular weight is 307 g/mol. The van der Waals surface area contributed by atoms with Crippen LogP contribution in [0.25, 0.3) is 0 Å². The lowest BCUT2D eigenvalue weighted by molar-refractivity contribution is 0.465. The van der Waals surface area contributed by atoms with Crippen LogP contribution in [0.4, 0.5) is 5.13 Å². The van der Waals surface area contributed by atoms with Gasteiger partial charge in [-0.1, -0.05) is 13.0 Å². The van der Waals surface area contributed by atoms with Gasteiger partial charge in [0.2, 0.25) is 0 Å². The molecule has 3 nitrogen and oxygen atoms in total. The molecule has 1 N–H and O–H groups in total. The Kier molecular flexibility index (Phi) is 4.38. The summed E-state index contributed by atoms with van der Waals surface area (Å²) in [5, 5.41) is 6.86. The molecule has 1 aliphatic rings. The second kappa shape index (κ2) is 6.24. The highest BCUT2D eigenvalue weighted by molar-refractivity contribution is 7.15. The number of nitrogens with zero attached hydrogens (tertiary/aromatic N) is 2. The minimum atomic E-state index is 0.462. The van der Waals surface area contributed by atoms with Crippen LogP contribution in [-0.4, -0.2) is 18.6 Å². The lowest BCUT2D eigenvalue weighted by Crippen LogP contribution is -2.24. The number of hydrogen-bond donors (Lipinski definition) is 1. The number of thiazole rings is 1. The number of rotatable bonds is 5. The first-order valence-electron chi connectivity index (χ1n) is 7.24. The number of hydrogen-bond acceptors (Lipinski definition) is 5. The molecule has 2 aromatic rings. The van der Waals surface area contributed by atoms with E-state index in [4.69, 9.17) is 4.98 Å². The standard InChI is InChI=1S/C15H21N3S2/c1-3-16-12-7-4-8-13-14(12)17-15(20-13)18(2)10-11-6-5-9-19-11/h5-6,9,12,16H,3-4,7-8,10H2,1-2H3. The number of anilines is 1. The first-order valence-corrected chi connectivity index (χ1v) is 8.94. The van der Waals surface area contributed by atoms with E-state index in [1.165, 1.54) is 34.7 Å². The summed E-state index contributed by atoms with van der Waals surface area (Å²) in [4.78, 5) is 10.1. The van der Waals surface area contributed by atoms with Crippen molar-refractivity contribution < 1.29 is 0 Å². The molecular weight excluding hydrogens is 286 g/mol. The average Bonchev–Trinajstić information content (AvgIpc) is 3.08. The number of thiophene rings is 1. The molecule has 20 heavy (non-hydrogen) atoms. The molecule has 0 saturated heterocycles. The van der Waals surface area contributed by atoms with Crippen molar-refractivity contribution in [3.63, 3.8) is 0 Å². The van der Waals surface area contributed by atoms with E-state index in [1.807, 2.05) is 22.7 Å². The van der Waals surface area contributed by atoms with Gasteiger partial charge in [-0.15, -0.1) is 22.7 Å².